The van der Waals surface area contributed by atoms with Gasteiger partial charge in [0.15, 0.2) is 0 Å². The van der Waals surface area contributed by atoms with E-state index in [1.165, 1.54) is 37.3 Å². The summed E-state index contributed by atoms with van der Waals surface area (Å²) in [6.45, 7) is 1.82. The molecule has 1 fully saturated rings. The van der Waals surface area contributed by atoms with Gasteiger partial charge in [0.2, 0.25) is 5.91 Å². The fourth-order valence-corrected chi connectivity index (χ4v) is 3.15. The first-order valence-corrected chi connectivity index (χ1v) is 8.34. The summed E-state index contributed by atoms with van der Waals surface area (Å²) in [5, 5.41) is 5.09. The van der Waals surface area contributed by atoms with Crippen molar-refractivity contribution in [1.82, 2.24) is 4.90 Å². The van der Waals surface area contributed by atoms with E-state index in [0.29, 0.717) is 12.2 Å². The molecule has 2 N–H and O–H groups in total. The molecule has 3 amide bonds. The van der Waals surface area contributed by atoms with Crippen LogP contribution in [-0.4, -0.2) is 23.4 Å². The Labute approximate surface area is 150 Å². The van der Waals surface area contributed by atoms with Gasteiger partial charge in [0.25, 0.3) is 0 Å². The molecule has 5 nitrogen and oxygen atoms in total. The van der Waals surface area contributed by atoms with Crippen LogP contribution in [-0.2, 0) is 4.79 Å². The summed E-state index contributed by atoms with van der Waals surface area (Å²) in [5.74, 6) is -1.33. The minimum atomic E-state index is -0.586. The van der Waals surface area contributed by atoms with Gasteiger partial charge in [0.05, 0.1) is 11.7 Å². The molecule has 0 spiro atoms. The zero-order valence-electron chi connectivity index (χ0n) is 14.3. The molecular weight excluding hydrogens is 340 g/mol. The first-order valence-electron chi connectivity index (χ1n) is 8.34. The van der Waals surface area contributed by atoms with Gasteiger partial charge >= 0.3 is 6.03 Å². The molecule has 7 heteroatoms. The third-order valence-electron chi connectivity index (χ3n) is 4.28. The fraction of sp³-hybridized carbons (Fsp3) is 0.263. The Kier molecular flexibility index (Phi) is 5.16. The number of urea groups is 1. The molecule has 26 heavy (non-hydrogen) atoms. The molecule has 136 valence electrons. The van der Waals surface area contributed by atoms with Crippen LogP contribution in [0.1, 0.15) is 31.4 Å². The summed E-state index contributed by atoms with van der Waals surface area (Å²) in [7, 11) is 0. The maximum Gasteiger partial charge on any atom is 0.322 e. The van der Waals surface area contributed by atoms with E-state index < -0.39 is 11.7 Å². The van der Waals surface area contributed by atoms with Crippen LogP contribution in [0.4, 0.5) is 25.0 Å². The van der Waals surface area contributed by atoms with Crippen LogP contribution in [0, 0.1) is 11.6 Å². The third kappa shape index (κ3) is 3.99. The van der Waals surface area contributed by atoms with E-state index in [-0.39, 0.29) is 23.6 Å². The normalized spacial score (nSPS) is 16.4. The molecule has 0 saturated carbocycles. The largest absolute Gasteiger partial charge is 0.324 e. The lowest BCUT2D eigenvalue weighted by atomic mass is 10.0. The van der Waals surface area contributed by atoms with Gasteiger partial charge in [-0.3, -0.25) is 4.79 Å². The second kappa shape index (κ2) is 7.51. The minimum absolute atomic E-state index is 0.00148. The van der Waals surface area contributed by atoms with Crippen molar-refractivity contribution in [3.05, 3.63) is 59.7 Å². The number of hydrogen-bond donors (Lipinski definition) is 2. The second-order valence-electron chi connectivity index (χ2n) is 6.21. The Balaban J connectivity index is 1.76. The van der Waals surface area contributed by atoms with Crippen molar-refractivity contribution in [1.29, 1.82) is 0 Å². The Morgan fingerprint density at radius 2 is 1.92 bits per heavy atom. The summed E-state index contributed by atoms with van der Waals surface area (Å²) in [4.78, 5) is 25.4. The van der Waals surface area contributed by atoms with E-state index in [9.17, 15) is 18.4 Å². The predicted molar refractivity (Wildman–Crippen MR) is 94.8 cm³/mol. The highest BCUT2D eigenvalue weighted by Gasteiger charge is 2.30. The van der Waals surface area contributed by atoms with Crippen molar-refractivity contribution < 1.29 is 18.4 Å². The fourth-order valence-electron chi connectivity index (χ4n) is 3.15. The number of halogens is 2. The van der Waals surface area contributed by atoms with Gasteiger partial charge in [-0.15, -0.1) is 0 Å². The molecule has 0 bridgehead atoms. The van der Waals surface area contributed by atoms with Gasteiger partial charge in [0, 0.05) is 19.2 Å². The van der Waals surface area contributed by atoms with Crippen molar-refractivity contribution in [3.63, 3.8) is 0 Å². The van der Waals surface area contributed by atoms with E-state index in [4.69, 9.17) is 0 Å². The lowest BCUT2D eigenvalue weighted by Gasteiger charge is -2.25. The molecule has 0 aliphatic carbocycles. The number of nitrogens with one attached hydrogen (secondary N) is 2. The predicted octanol–water partition coefficient (Wildman–Crippen LogP) is 4.29. The first-order chi connectivity index (χ1) is 12.4. The Morgan fingerprint density at radius 3 is 2.65 bits per heavy atom. The number of amides is 3. The van der Waals surface area contributed by atoms with Crippen molar-refractivity contribution in [2.24, 2.45) is 0 Å². The molecule has 1 unspecified atom stereocenters. The zero-order valence-corrected chi connectivity index (χ0v) is 14.3. The van der Waals surface area contributed by atoms with Crippen LogP contribution in [0.5, 0.6) is 0 Å². The number of carbonyl (C=O) groups excluding carboxylic acids is 2. The molecule has 1 saturated heterocycles. The van der Waals surface area contributed by atoms with Crippen LogP contribution in [0.3, 0.4) is 0 Å². The van der Waals surface area contributed by atoms with Gasteiger partial charge in [0.1, 0.15) is 11.6 Å². The number of likely N-dealkylation sites (tertiary alicyclic amines) is 1. The highest BCUT2D eigenvalue weighted by molar-refractivity contribution is 5.93. The van der Waals surface area contributed by atoms with Crippen molar-refractivity contribution in [2.75, 3.05) is 17.2 Å². The van der Waals surface area contributed by atoms with Crippen molar-refractivity contribution >= 4 is 23.3 Å². The SMILES string of the molecule is CC(=O)Nc1cc(NC(=O)N2CCCC2c2cccc(F)c2)ccc1F. The van der Waals surface area contributed by atoms with Crippen LogP contribution in [0.15, 0.2) is 42.5 Å². The summed E-state index contributed by atoms with van der Waals surface area (Å²) in [5.41, 5.74) is 1.11. The van der Waals surface area contributed by atoms with Crippen LogP contribution < -0.4 is 10.6 Å². The highest BCUT2D eigenvalue weighted by atomic mass is 19.1. The third-order valence-corrected chi connectivity index (χ3v) is 4.28. The molecule has 1 aliphatic heterocycles. The summed E-state index contributed by atoms with van der Waals surface area (Å²) >= 11 is 0. The molecule has 1 heterocycles. The summed E-state index contributed by atoms with van der Waals surface area (Å²) < 4.78 is 27.2. The first kappa shape index (κ1) is 17.8. The molecule has 2 aromatic rings. The average molecular weight is 359 g/mol. The monoisotopic (exact) mass is 359 g/mol. The van der Waals surface area contributed by atoms with E-state index in [1.807, 2.05) is 0 Å². The number of hydrogen-bond acceptors (Lipinski definition) is 2. The van der Waals surface area contributed by atoms with E-state index in [1.54, 1.807) is 17.0 Å². The van der Waals surface area contributed by atoms with E-state index in [0.717, 1.165) is 18.4 Å². The smallest absolute Gasteiger partial charge is 0.322 e. The van der Waals surface area contributed by atoms with Crippen LogP contribution >= 0.6 is 0 Å². The molecule has 1 atom stereocenters. The van der Waals surface area contributed by atoms with Crippen molar-refractivity contribution in [3.8, 4) is 0 Å². The number of carbonyl (C=O) groups is 2. The van der Waals surface area contributed by atoms with Gasteiger partial charge in [-0.25, -0.2) is 13.6 Å². The molecule has 0 radical (unpaired) electrons. The maximum atomic E-state index is 13.7. The Hall–Kier alpha value is -2.96. The average Bonchev–Trinajstić information content (AvgIpc) is 3.07. The highest BCUT2D eigenvalue weighted by Crippen LogP contribution is 2.33. The Bertz CT molecular complexity index is 841. The quantitative estimate of drug-likeness (QED) is 0.859. The maximum absolute atomic E-state index is 13.7. The van der Waals surface area contributed by atoms with Crippen LogP contribution in [0.2, 0.25) is 0 Å². The second-order valence-corrected chi connectivity index (χ2v) is 6.21. The Morgan fingerprint density at radius 1 is 1.12 bits per heavy atom. The standard InChI is InChI=1S/C19H19F2N3O2/c1-12(25)22-17-11-15(7-8-16(17)21)23-19(26)24-9-3-6-18(24)13-4-2-5-14(20)10-13/h2,4-5,7-8,10-11,18H,3,6,9H2,1H3,(H,22,25)(H,23,26). The lowest BCUT2D eigenvalue weighted by Crippen LogP contribution is -2.34. The number of anilines is 2. The van der Waals surface area contributed by atoms with E-state index >= 15 is 0 Å². The molecule has 2 aromatic carbocycles. The number of nitrogens with zero attached hydrogens (tertiary/aromatic N) is 1. The minimum Gasteiger partial charge on any atom is -0.324 e. The molecule has 3 rings (SSSR count). The molecule has 1 aliphatic rings. The summed E-state index contributed by atoms with van der Waals surface area (Å²) in [6.07, 6.45) is 1.56. The van der Waals surface area contributed by atoms with E-state index in [2.05, 4.69) is 10.6 Å². The van der Waals surface area contributed by atoms with Crippen LogP contribution in [0.25, 0.3) is 0 Å². The van der Waals surface area contributed by atoms with Gasteiger partial charge in [-0.1, -0.05) is 12.1 Å². The van der Waals surface area contributed by atoms with Gasteiger partial charge in [-0.05, 0) is 48.7 Å². The molecule has 0 aromatic heterocycles. The van der Waals surface area contributed by atoms with Gasteiger partial charge in [-0.2, -0.15) is 0 Å². The molecular formula is C19H19F2N3O2. The summed E-state index contributed by atoms with van der Waals surface area (Å²) in [6, 6.07) is 9.62. The lowest BCUT2D eigenvalue weighted by molar-refractivity contribution is -0.114. The van der Waals surface area contributed by atoms with Crippen molar-refractivity contribution in [2.45, 2.75) is 25.8 Å². The topological polar surface area (TPSA) is 61.4 Å². The number of rotatable bonds is 3. The zero-order chi connectivity index (χ0) is 18.7. The number of benzene rings is 2. The van der Waals surface area contributed by atoms with Gasteiger partial charge < -0.3 is 15.5 Å².